The normalized spacial score (nSPS) is 14.6. The Hall–Kier alpha value is -3.84. The molecule has 36 heavy (non-hydrogen) atoms. The van der Waals surface area contributed by atoms with Gasteiger partial charge in [0.05, 0.1) is 11.4 Å². The minimum absolute atomic E-state index is 0.121. The van der Waals surface area contributed by atoms with Crippen LogP contribution in [0.15, 0.2) is 77.7 Å². The summed E-state index contributed by atoms with van der Waals surface area (Å²) in [5.74, 6) is 0.282. The summed E-state index contributed by atoms with van der Waals surface area (Å²) in [6, 6.07) is 22.5. The van der Waals surface area contributed by atoms with Gasteiger partial charge in [-0.1, -0.05) is 74.0 Å². The number of rotatable bonds is 8. The molecule has 4 rings (SSSR count). The van der Waals surface area contributed by atoms with Crippen LogP contribution in [0.2, 0.25) is 0 Å². The molecule has 0 saturated carbocycles. The largest absolute Gasteiger partial charge is 0.484 e. The molecule has 3 amide bonds. The number of amides is 3. The number of aryl methyl sites for hydroxylation is 1. The molecular weight excluding hydrogens is 472 g/mol. The Kier molecular flexibility index (Phi) is 7.90. The van der Waals surface area contributed by atoms with Gasteiger partial charge in [0, 0.05) is 5.69 Å². The number of carbonyl (C=O) groups is 3. The third kappa shape index (κ3) is 6.23. The number of benzene rings is 3. The Morgan fingerprint density at radius 1 is 1.00 bits per heavy atom. The second-order valence-corrected chi connectivity index (χ2v) is 9.89. The van der Waals surface area contributed by atoms with Gasteiger partial charge in [-0.05, 0) is 65.6 Å². The Morgan fingerprint density at radius 2 is 1.69 bits per heavy atom. The second kappa shape index (κ2) is 11.3. The van der Waals surface area contributed by atoms with Crippen molar-refractivity contribution < 1.29 is 19.1 Å². The SMILES string of the molecule is Cc1ccc(CN2C(=O)S/C(=C/c3ccc(OCC(=O)Nc4ccccc4C(C)C)cc3)C2=O)cc1. The van der Waals surface area contributed by atoms with Crippen LogP contribution in [0.25, 0.3) is 6.08 Å². The van der Waals surface area contributed by atoms with Crippen molar-refractivity contribution in [3.05, 3.63) is 100.0 Å². The minimum atomic E-state index is -0.302. The maximum Gasteiger partial charge on any atom is 0.293 e. The third-order valence-electron chi connectivity index (χ3n) is 5.74. The van der Waals surface area contributed by atoms with Gasteiger partial charge >= 0.3 is 0 Å². The standard InChI is InChI=1S/C29H28N2O4S/c1-19(2)24-6-4-5-7-25(24)30-27(32)18-35-23-14-12-21(13-15-23)16-26-28(33)31(29(34)36-26)17-22-10-8-20(3)9-11-22/h4-16,19H,17-18H2,1-3H3,(H,30,32)/b26-16+. The van der Waals surface area contributed by atoms with Crippen molar-refractivity contribution in [2.24, 2.45) is 0 Å². The fraction of sp³-hybridized carbons (Fsp3) is 0.207. The van der Waals surface area contributed by atoms with Crippen molar-refractivity contribution in [1.82, 2.24) is 4.90 Å². The molecule has 3 aromatic carbocycles. The lowest BCUT2D eigenvalue weighted by Crippen LogP contribution is -2.27. The van der Waals surface area contributed by atoms with E-state index in [0.29, 0.717) is 16.6 Å². The minimum Gasteiger partial charge on any atom is -0.484 e. The van der Waals surface area contributed by atoms with Gasteiger partial charge in [-0.25, -0.2) is 0 Å². The molecule has 0 spiro atoms. The molecule has 0 atom stereocenters. The number of nitrogens with one attached hydrogen (secondary N) is 1. The number of hydrogen-bond donors (Lipinski definition) is 1. The summed E-state index contributed by atoms with van der Waals surface area (Å²) in [6.07, 6.45) is 1.69. The molecule has 1 heterocycles. The number of carbonyl (C=O) groups excluding carboxylic acids is 3. The Bertz CT molecular complexity index is 1300. The number of imide groups is 1. The quantitative estimate of drug-likeness (QED) is 0.364. The first kappa shape index (κ1) is 25.3. The third-order valence-corrected chi connectivity index (χ3v) is 6.65. The molecule has 6 nitrogen and oxygen atoms in total. The molecule has 0 radical (unpaired) electrons. The van der Waals surface area contributed by atoms with Crippen LogP contribution >= 0.6 is 11.8 Å². The topological polar surface area (TPSA) is 75.7 Å². The predicted molar refractivity (Wildman–Crippen MR) is 144 cm³/mol. The molecule has 1 aliphatic rings. The maximum atomic E-state index is 12.8. The zero-order valence-electron chi connectivity index (χ0n) is 20.5. The van der Waals surface area contributed by atoms with E-state index in [0.717, 1.165) is 39.7 Å². The van der Waals surface area contributed by atoms with Crippen molar-refractivity contribution >= 4 is 40.6 Å². The van der Waals surface area contributed by atoms with Crippen molar-refractivity contribution in [3.8, 4) is 5.75 Å². The van der Waals surface area contributed by atoms with E-state index in [2.05, 4.69) is 19.2 Å². The highest BCUT2D eigenvalue weighted by Gasteiger charge is 2.34. The van der Waals surface area contributed by atoms with E-state index >= 15 is 0 Å². The lowest BCUT2D eigenvalue weighted by atomic mass is 10.0. The Balaban J connectivity index is 1.34. The van der Waals surface area contributed by atoms with Gasteiger partial charge in [0.15, 0.2) is 6.61 Å². The van der Waals surface area contributed by atoms with Crippen molar-refractivity contribution in [2.45, 2.75) is 33.2 Å². The van der Waals surface area contributed by atoms with E-state index in [-0.39, 0.29) is 30.2 Å². The fourth-order valence-electron chi connectivity index (χ4n) is 3.77. The summed E-state index contributed by atoms with van der Waals surface area (Å²) in [6.45, 7) is 6.27. The Labute approximate surface area is 215 Å². The molecule has 7 heteroatoms. The van der Waals surface area contributed by atoms with Crippen LogP contribution in [0.3, 0.4) is 0 Å². The van der Waals surface area contributed by atoms with E-state index in [1.807, 2.05) is 55.5 Å². The number of para-hydroxylation sites is 1. The Morgan fingerprint density at radius 3 is 2.39 bits per heavy atom. The summed E-state index contributed by atoms with van der Waals surface area (Å²) in [4.78, 5) is 39.2. The molecule has 184 valence electrons. The lowest BCUT2D eigenvalue weighted by Gasteiger charge is -2.14. The number of thioether (sulfide) groups is 1. The highest BCUT2D eigenvalue weighted by molar-refractivity contribution is 8.18. The molecule has 1 N–H and O–H groups in total. The predicted octanol–water partition coefficient (Wildman–Crippen LogP) is 6.37. The van der Waals surface area contributed by atoms with Crippen molar-refractivity contribution in [3.63, 3.8) is 0 Å². The van der Waals surface area contributed by atoms with Crippen molar-refractivity contribution in [1.29, 1.82) is 0 Å². The van der Waals surface area contributed by atoms with Crippen LogP contribution < -0.4 is 10.1 Å². The van der Waals surface area contributed by atoms with Crippen LogP contribution in [0, 0.1) is 6.92 Å². The first-order valence-corrected chi connectivity index (χ1v) is 12.5. The van der Waals surface area contributed by atoms with Gasteiger partial charge < -0.3 is 10.1 Å². The van der Waals surface area contributed by atoms with E-state index < -0.39 is 0 Å². The number of ether oxygens (including phenoxy) is 1. The number of anilines is 1. The maximum absolute atomic E-state index is 12.8. The summed E-state index contributed by atoms with van der Waals surface area (Å²) in [5.41, 5.74) is 4.64. The van der Waals surface area contributed by atoms with Crippen LogP contribution in [0.1, 0.15) is 42.0 Å². The van der Waals surface area contributed by atoms with Crippen LogP contribution in [-0.2, 0) is 16.1 Å². The monoisotopic (exact) mass is 500 g/mol. The molecule has 1 fully saturated rings. The number of nitrogens with zero attached hydrogens (tertiary/aromatic N) is 1. The highest BCUT2D eigenvalue weighted by Crippen LogP contribution is 2.33. The molecule has 0 unspecified atom stereocenters. The lowest BCUT2D eigenvalue weighted by molar-refractivity contribution is -0.123. The van der Waals surface area contributed by atoms with Crippen LogP contribution in [-0.4, -0.2) is 28.6 Å². The zero-order chi connectivity index (χ0) is 25.7. The first-order valence-electron chi connectivity index (χ1n) is 11.7. The average Bonchev–Trinajstić information content (AvgIpc) is 3.12. The van der Waals surface area contributed by atoms with Crippen LogP contribution in [0.5, 0.6) is 5.75 Å². The molecule has 1 saturated heterocycles. The van der Waals surface area contributed by atoms with Crippen molar-refractivity contribution in [2.75, 3.05) is 11.9 Å². The molecule has 0 bridgehead atoms. The van der Waals surface area contributed by atoms with E-state index in [9.17, 15) is 14.4 Å². The fourth-order valence-corrected chi connectivity index (χ4v) is 4.61. The summed E-state index contributed by atoms with van der Waals surface area (Å²) in [5, 5.41) is 2.62. The molecular formula is C29H28N2O4S. The van der Waals surface area contributed by atoms with E-state index in [1.54, 1.807) is 30.3 Å². The molecule has 0 aromatic heterocycles. The summed E-state index contributed by atoms with van der Waals surface area (Å²) in [7, 11) is 0. The highest BCUT2D eigenvalue weighted by atomic mass is 32.2. The van der Waals surface area contributed by atoms with Crippen LogP contribution in [0.4, 0.5) is 10.5 Å². The van der Waals surface area contributed by atoms with Gasteiger partial charge in [0.1, 0.15) is 5.75 Å². The van der Waals surface area contributed by atoms with Gasteiger partial charge in [-0.3, -0.25) is 19.3 Å². The zero-order valence-corrected chi connectivity index (χ0v) is 21.3. The summed E-state index contributed by atoms with van der Waals surface area (Å²) >= 11 is 0.936. The smallest absolute Gasteiger partial charge is 0.293 e. The molecule has 1 aliphatic heterocycles. The average molecular weight is 501 g/mol. The van der Waals surface area contributed by atoms with Gasteiger partial charge in [-0.2, -0.15) is 0 Å². The van der Waals surface area contributed by atoms with Gasteiger partial charge in [-0.15, -0.1) is 0 Å². The van der Waals surface area contributed by atoms with E-state index in [1.165, 1.54) is 4.90 Å². The van der Waals surface area contributed by atoms with Gasteiger partial charge in [0.2, 0.25) is 0 Å². The first-order chi connectivity index (χ1) is 17.3. The molecule has 3 aromatic rings. The molecule has 0 aliphatic carbocycles. The second-order valence-electron chi connectivity index (χ2n) is 8.90. The number of hydrogen-bond acceptors (Lipinski definition) is 5. The summed E-state index contributed by atoms with van der Waals surface area (Å²) < 4.78 is 5.63. The van der Waals surface area contributed by atoms with E-state index in [4.69, 9.17) is 4.74 Å². The van der Waals surface area contributed by atoms with Gasteiger partial charge in [0.25, 0.3) is 17.1 Å².